The van der Waals surface area contributed by atoms with Gasteiger partial charge in [0.2, 0.25) is 0 Å². The highest BCUT2D eigenvalue weighted by molar-refractivity contribution is 5.74. The van der Waals surface area contributed by atoms with E-state index < -0.39 is 0 Å². The van der Waals surface area contributed by atoms with Crippen LogP contribution in [-0.4, -0.2) is 55.4 Å². The van der Waals surface area contributed by atoms with Crippen LogP contribution in [0.1, 0.15) is 24.8 Å². The molecule has 0 saturated heterocycles. The lowest BCUT2D eigenvalue weighted by Crippen LogP contribution is -2.53. The van der Waals surface area contributed by atoms with Gasteiger partial charge in [-0.3, -0.25) is 0 Å². The summed E-state index contributed by atoms with van der Waals surface area (Å²) in [6.07, 6.45) is 4.35. The van der Waals surface area contributed by atoms with E-state index in [2.05, 4.69) is 27.7 Å². The molecule has 2 aliphatic carbocycles. The number of rotatable bonds is 7. The molecule has 1 aromatic rings. The van der Waals surface area contributed by atoms with E-state index in [-0.39, 0.29) is 30.6 Å². The average Bonchev–Trinajstić information content (AvgIpc) is 3.16. The van der Waals surface area contributed by atoms with Crippen LogP contribution >= 0.6 is 0 Å². The van der Waals surface area contributed by atoms with Crippen molar-refractivity contribution in [1.82, 2.24) is 15.5 Å². The van der Waals surface area contributed by atoms with Gasteiger partial charge in [0.25, 0.3) is 0 Å². The van der Waals surface area contributed by atoms with Gasteiger partial charge in [-0.05, 0) is 57.2 Å². The number of aliphatic hydroxyl groups excluding tert-OH is 1. The van der Waals surface area contributed by atoms with Gasteiger partial charge in [0.1, 0.15) is 0 Å². The second-order valence-corrected chi connectivity index (χ2v) is 7.97. The van der Waals surface area contributed by atoms with Crippen molar-refractivity contribution in [2.24, 2.45) is 17.8 Å². The smallest absolute Gasteiger partial charge is 0.315 e. The first-order chi connectivity index (χ1) is 12.1. The Morgan fingerprint density at radius 3 is 2.64 bits per heavy atom. The Morgan fingerprint density at radius 1 is 1.24 bits per heavy atom. The maximum absolute atomic E-state index is 12.6. The molecule has 2 amide bonds. The minimum Gasteiger partial charge on any atom is -0.396 e. The molecule has 0 spiro atoms. The molecule has 1 aromatic carbocycles. The molecule has 25 heavy (non-hydrogen) atoms. The number of likely N-dealkylation sites (N-methyl/N-ethyl adjacent to an activating group) is 1. The van der Waals surface area contributed by atoms with Crippen LogP contribution in [0, 0.1) is 17.8 Å². The Kier molecular flexibility index (Phi) is 5.97. The molecule has 138 valence electrons. The zero-order valence-corrected chi connectivity index (χ0v) is 15.3. The highest BCUT2D eigenvalue weighted by Crippen LogP contribution is 2.48. The predicted molar refractivity (Wildman–Crippen MR) is 99.4 cm³/mol. The number of fused-ring (bicyclic) bond motifs is 2. The van der Waals surface area contributed by atoms with Crippen molar-refractivity contribution >= 4 is 6.03 Å². The highest BCUT2D eigenvalue weighted by atomic mass is 16.3. The summed E-state index contributed by atoms with van der Waals surface area (Å²) in [7, 11) is 4.05. The fourth-order valence-electron chi connectivity index (χ4n) is 4.78. The van der Waals surface area contributed by atoms with Crippen molar-refractivity contribution in [3.8, 4) is 0 Å². The quantitative estimate of drug-likeness (QED) is 0.707. The molecule has 5 atom stereocenters. The van der Waals surface area contributed by atoms with Crippen LogP contribution in [0.25, 0.3) is 0 Å². The summed E-state index contributed by atoms with van der Waals surface area (Å²) in [5.41, 5.74) is 1.22. The second kappa shape index (κ2) is 8.19. The SMILES string of the molecule is CN(C)CC(Cc1ccccc1)NC(=O)NC1C2CCC(C2)C1CO. The van der Waals surface area contributed by atoms with Crippen LogP contribution in [-0.2, 0) is 6.42 Å². The zero-order chi connectivity index (χ0) is 17.8. The number of carbonyl (C=O) groups excluding carboxylic acids is 1. The molecule has 2 saturated carbocycles. The molecule has 2 fully saturated rings. The monoisotopic (exact) mass is 345 g/mol. The van der Waals surface area contributed by atoms with E-state index in [9.17, 15) is 9.90 Å². The molecular weight excluding hydrogens is 314 g/mol. The molecule has 0 aromatic heterocycles. The number of carbonyl (C=O) groups is 1. The van der Waals surface area contributed by atoms with Gasteiger partial charge in [0, 0.05) is 31.2 Å². The number of nitrogens with one attached hydrogen (secondary N) is 2. The summed E-state index contributed by atoms with van der Waals surface area (Å²) in [6, 6.07) is 10.4. The molecule has 0 aliphatic heterocycles. The maximum atomic E-state index is 12.6. The summed E-state index contributed by atoms with van der Waals surface area (Å²) in [5.74, 6) is 1.35. The molecule has 3 rings (SSSR count). The molecule has 5 unspecified atom stereocenters. The third kappa shape index (κ3) is 4.53. The van der Waals surface area contributed by atoms with E-state index in [4.69, 9.17) is 0 Å². The molecule has 5 heteroatoms. The first-order valence-corrected chi connectivity index (χ1v) is 9.43. The van der Waals surface area contributed by atoms with Gasteiger partial charge in [-0.1, -0.05) is 30.3 Å². The lowest BCUT2D eigenvalue weighted by molar-refractivity contribution is 0.143. The minimum atomic E-state index is -0.0984. The lowest BCUT2D eigenvalue weighted by Gasteiger charge is -2.31. The van der Waals surface area contributed by atoms with Crippen molar-refractivity contribution in [2.75, 3.05) is 27.2 Å². The first kappa shape index (κ1) is 18.2. The van der Waals surface area contributed by atoms with Crippen LogP contribution < -0.4 is 10.6 Å². The number of hydrogen-bond acceptors (Lipinski definition) is 3. The van der Waals surface area contributed by atoms with Gasteiger partial charge >= 0.3 is 6.03 Å². The summed E-state index contributed by atoms with van der Waals surface area (Å²) >= 11 is 0. The Labute approximate surface area is 150 Å². The van der Waals surface area contributed by atoms with E-state index in [0.717, 1.165) is 19.4 Å². The van der Waals surface area contributed by atoms with Crippen LogP contribution in [0.2, 0.25) is 0 Å². The Morgan fingerprint density at radius 2 is 1.96 bits per heavy atom. The van der Waals surface area contributed by atoms with E-state index >= 15 is 0 Å². The fraction of sp³-hybridized carbons (Fsp3) is 0.650. The average molecular weight is 345 g/mol. The van der Waals surface area contributed by atoms with E-state index in [0.29, 0.717) is 11.8 Å². The minimum absolute atomic E-state index is 0.0589. The van der Waals surface area contributed by atoms with Gasteiger partial charge in [-0.25, -0.2) is 4.79 Å². The van der Waals surface area contributed by atoms with Crippen molar-refractivity contribution in [3.63, 3.8) is 0 Å². The molecule has 2 aliphatic rings. The van der Waals surface area contributed by atoms with E-state index in [1.54, 1.807) is 0 Å². The predicted octanol–water partition coefficient (Wildman–Crippen LogP) is 1.87. The highest BCUT2D eigenvalue weighted by Gasteiger charge is 2.47. The van der Waals surface area contributed by atoms with Crippen molar-refractivity contribution in [3.05, 3.63) is 35.9 Å². The number of nitrogens with zero attached hydrogens (tertiary/aromatic N) is 1. The van der Waals surface area contributed by atoms with Gasteiger partial charge < -0.3 is 20.6 Å². The van der Waals surface area contributed by atoms with Crippen LogP contribution in [0.5, 0.6) is 0 Å². The standard InChI is InChI=1S/C20H31N3O2/c1-23(2)12-17(10-14-6-4-3-5-7-14)21-20(25)22-19-16-9-8-15(11-16)18(19)13-24/h3-7,15-19,24H,8-13H2,1-2H3,(H2,21,22,25). The largest absolute Gasteiger partial charge is 0.396 e. The third-order valence-corrected chi connectivity index (χ3v) is 5.84. The van der Waals surface area contributed by atoms with Crippen LogP contribution in [0.15, 0.2) is 30.3 Å². The van der Waals surface area contributed by atoms with Crippen molar-refractivity contribution < 1.29 is 9.90 Å². The summed E-state index contributed by atoms with van der Waals surface area (Å²) in [6.45, 7) is 0.972. The van der Waals surface area contributed by atoms with E-state index in [1.807, 2.05) is 32.3 Å². The third-order valence-electron chi connectivity index (χ3n) is 5.84. The molecular formula is C20H31N3O2. The van der Waals surface area contributed by atoms with Gasteiger partial charge in [0.15, 0.2) is 0 Å². The zero-order valence-electron chi connectivity index (χ0n) is 15.3. The maximum Gasteiger partial charge on any atom is 0.315 e. The van der Waals surface area contributed by atoms with Crippen molar-refractivity contribution in [2.45, 2.75) is 37.8 Å². The summed E-state index contributed by atoms with van der Waals surface area (Å²) < 4.78 is 0. The van der Waals surface area contributed by atoms with Crippen molar-refractivity contribution in [1.29, 1.82) is 0 Å². The van der Waals surface area contributed by atoms with Gasteiger partial charge in [-0.2, -0.15) is 0 Å². The topological polar surface area (TPSA) is 64.6 Å². The van der Waals surface area contributed by atoms with Gasteiger partial charge in [0.05, 0.1) is 0 Å². The first-order valence-electron chi connectivity index (χ1n) is 9.43. The molecule has 2 bridgehead atoms. The second-order valence-electron chi connectivity index (χ2n) is 7.97. The molecule has 5 nitrogen and oxygen atoms in total. The number of aliphatic hydroxyl groups is 1. The Hall–Kier alpha value is -1.59. The summed E-state index contributed by atoms with van der Waals surface area (Å²) in [4.78, 5) is 14.7. The number of hydrogen-bond donors (Lipinski definition) is 3. The normalized spacial score (nSPS) is 29.0. The number of urea groups is 1. The summed E-state index contributed by atoms with van der Waals surface area (Å²) in [5, 5.41) is 16.0. The number of amides is 2. The molecule has 0 radical (unpaired) electrons. The van der Waals surface area contributed by atoms with Gasteiger partial charge in [-0.15, -0.1) is 0 Å². The number of benzene rings is 1. The Bertz CT molecular complexity index is 563. The fourth-order valence-corrected chi connectivity index (χ4v) is 4.78. The van der Waals surface area contributed by atoms with Crippen LogP contribution in [0.3, 0.4) is 0 Å². The lowest BCUT2D eigenvalue weighted by atomic mass is 9.85. The van der Waals surface area contributed by atoms with Crippen LogP contribution in [0.4, 0.5) is 4.79 Å². The Balaban J connectivity index is 1.58. The molecule has 0 heterocycles. The molecule has 3 N–H and O–H groups in total. The van der Waals surface area contributed by atoms with E-state index in [1.165, 1.54) is 18.4 Å².